The molecular weight excluding hydrogens is 438 g/mol. The van der Waals surface area contributed by atoms with E-state index in [0.717, 1.165) is 80.9 Å². The molecule has 2 N–H and O–H groups in total. The molecule has 3 aliphatic rings. The number of nitrogen functional groups attached to an aromatic ring is 1. The number of piperidine rings is 1. The Morgan fingerprint density at radius 1 is 1.06 bits per heavy atom. The number of carbonyl (C=O) groups is 1. The predicted octanol–water partition coefficient (Wildman–Crippen LogP) is 4.75. The third kappa shape index (κ3) is 3.57. The average molecular weight is 474 g/mol. The lowest BCUT2D eigenvalue weighted by Crippen LogP contribution is -2.49. The maximum atomic E-state index is 13.8. The number of fused-ring (bicyclic) bond motifs is 4. The summed E-state index contributed by atoms with van der Waals surface area (Å²) in [7, 11) is 0. The van der Waals surface area contributed by atoms with E-state index in [-0.39, 0.29) is 5.78 Å². The molecule has 6 rings (SSSR count). The van der Waals surface area contributed by atoms with Gasteiger partial charge in [0.25, 0.3) is 0 Å². The third-order valence-corrected chi connectivity index (χ3v) is 8.39. The molecule has 0 unspecified atom stereocenters. The van der Waals surface area contributed by atoms with E-state index >= 15 is 0 Å². The highest BCUT2D eigenvalue weighted by molar-refractivity contribution is 6.19. The minimum Gasteiger partial charge on any atom is -0.459 e. The van der Waals surface area contributed by atoms with E-state index in [2.05, 4.69) is 42.7 Å². The van der Waals surface area contributed by atoms with Crippen molar-refractivity contribution in [1.82, 2.24) is 4.90 Å². The highest BCUT2D eigenvalue weighted by Gasteiger charge is 2.42. The number of nitrogens with two attached hydrogens (primary N) is 1. The number of hydrogen-bond donors (Lipinski definition) is 1. The summed E-state index contributed by atoms with van der Waals surface area (Å²) < 4.78 is 11.9. The lowest BCUT2D eigenvalue weighted by molar-refractivity contribution is 0.0115. The normalized spacial score (nSPS) is 20.8. The number of benzene rings is 2. The van der Waals surface area contributed by atoms with E-state index in [1.807, 2.05) is 18.2 Å². The fourth-order valence-corrected chi connectivity index (χ4v) is 6.37. The summed E-state index contributed by atoms with van der Waals surface area (Å²) in [4.78, 5) is 18.9. The van der Waals surface area contributed by atoms with Gasteiger partial charge in [-0.05, 0) is 68.5 Å². The predicted molar refractivity (Wildman–Crippen MR) is 140 cm³/mol. The van der Waals surface area contributed by atoms with Gasteiger partial charge < -0.3 is 19.8 Å². The van der Waals surface area contributed by atoms with Crippen molar-refractivity contribution in [1.29, 1.82) is 0 Å². The van der Waals surface area contributed by atoms with Crippen LogP contribution in [0.2, 0.25) is 0 Å². The molecule has 0 spiro atoms. The number of morpholine rings is 1. The van der Waals surface area contributed by atoms with Crippen LogP contribution in [0.4, 0.5) is 11.4 Å². The molecule has 1 aromatic heterocycles. The number of aryl methyl sites for hydroxylation is 1. The quantitative estimate of drug-likeness (QED) is 0.554. The standard InChI is InChI=1S/C29H35N3O3/c1-4-18-15-22-23(17-24(18)32-9-7-20(8-10-32)31-11-13-34-14-12-31)29(2,3)28-26(27(22)33)21-6-5-19(30)16-25(21)35-28/h5-6,15-17,20H,4,7-14,30H2,1-3H3. The number of ketones is 1. The van der Waals surface area contributed by atoms with Gasteiger partial charge in [0.1, 0.15) is 11.3 Å². The molecule has 184 valence electrons. The summed E-state index contributed by atoms with van der Waals surface area (Å²) in [5.74, 6) is 0.807. The Hall–Kier alpha value is -2.83. The smallest absolute Gasteiger partial charge is 0.197 e. The van der Waals surface area contributed by atoms with Crippen LogP contribution in [0, 0.1) is 0 Å². The molecule has 3 heterocycles. The number of rotatable bonds is 3. The highest BCUT2D eigenvalue weighted by Crippen LogP contribution is 2.47. The van der Waals surface area contributed by atoms with Crippen molar-refractivity contribution >= 4 is 28.1 Å². The molecule has 2 fully saturated rings. The van der Waals surface area contributed by atoms with Crippen LogP contribution in [0.25, 0.3) is 11.0 Å². The minimum atomic E-state index is -0.417. The first-order valence-electron chi connectivity index (χ1n) is 13.0. The molecule has 6 nitrogen and oxygen atoms in total. The summed E-state index contributed by atoms with van der Waals surface area (Å²) in [6.07, 6.45) is 3.23. The minimum absolute atomic E-state index is 0.0603. The molecule has 35 heavy (non-hydrogen) atoms. The van der Waals surface area contributed by atoms with Gasteiger partial charge in [-0.2, -0.15) is 0 Å². The number of carbonyl (C=O) groups excluding carboxylic acids is 1. The van der Waals surface area contributed by atoms with Crippen LogP contribution in [0.5, 0.6) is 0 Å². The molecule has 2 aliphatic heterocycles. The van der Waals surface area contributed by atoms with Crippen molar-refractivity contribution in [3.05, 3.63) is 58.3 Å². The van der Waals surface area contributed by atoms with E-state index < -0.39 is 5.41 Å². The first-order valence-corrected chi connectivity index (χ1v) is 13.0. The SMILES string of the molecule is CCc1cc2c(cc1N1CCC(N3CCOCC3)CC1)C(C)(C)c1oc3cc(N)ccc3c1C2=O. The summed E-state index contributed by atoms with van der Waals surface area (Å²) >= 11 is 0. The van der Waals surface area contributed by atoms with Crippen LogP contribution < -0.4 is 10.6 Å². The van der Waals surface area contributed by atoms with Crippen molar-refractivity contribution in [2.75, 3.05) is 50.0 Å². The average Bonchev–Trinajstić information content (AvgIpc) is 3.27. The summed E-state index contributed by atoms with van der Waals surface area (Å²) in [6.45, 7) is 12.4. The van der Waals surface area contributed by atoms with Gasteiger partial charge in [0.2, 0.25) is 0 Å². The second-order valence-electron chi connectivity index (χ2n) is 10.8. The van der Waals surface area contributed by atoms with E-state index in [1.165, 1.54) is 11.3 Å². The van der Waals surface area contributed by atoms with Crippen LogP contribution in [-0.2, 0) is 16.6 Å². The maximum Gasteiger partial charge on any atom is 0.197 e. The highest BCUT2D eigenvalue weighted by atomic mass is 16.5. The van der Waals surface area contributed by atoms with Gasteiger partial charge in [0.05, 0.1) is 18.8 Å². The van der Waals surface area contributed by atoms with Gasteiger partial charge in [-0.15, -0.1) is 0 Å². The van der Waals surface area contributed by atoms with Gasteiger partial charge in [-0.1, -0.05) is 6.92 Å². The Balaban J connectivity index is 1.37. The van der Waals surface area contributed by atoms with Crippen LogP contribution in [-0.4, -0.2) is 56.1 Å². The summed E-state index contributed by atoms with van der Waals surface area (Å²) in [6, 6.07) is 10.7. The largest absolute Gasteiger partial charge is 0.459 e. The lowest BCUT2D eigenvalue weighted by Gasteiger charge is -2.42. The Labute approximate surface area is 207 Å². The fraction of sp³-hybridized carbons (Fsp3) is 0.483. The van der Waals surface area contributed by atoms with Crippen molar-refractivity contribution in [3.8, 4) is 0 Å². The van der Waals surface area contributed by atoms with E-state index in [0.29, 0.717) is 22.9 Å². The van der Waals surface area contributed by atoms with Gasteiger partial charge in [0, 0.05) is 66.0 Å². The summed E-state index contributed by atoms with van der Waals surface area (Å²) in [5, 5.41) is 0.852. The topological polar surface area (TPSA) is 71.9 Å². The first-order chi connectivity index (χ1) is 16.9. The van der Waals surface area contributed by atoms with Crippen LogP contribution >= 0.6 is 0 Å². The van der Waals surface area contributed by atoms with Crippen molar-refractivity contribution in [2.24, 2.45) is 0 Å². The molecule has 2 saturated heterocycles. The molecule has 0 radical (unpaired) electrons. The number of hydrogen-bond acceptors (Lipinski definition) is 6. The number of ether oxygens (including phenoxy) is 1. The Kier molecular flexibility index (Phi) is 5.42. The zero-order valence-corrected chi connectivity index (χ0v) is 21.0. The van der Waals surface area contributed by atoms with Crippen molar-refractivity contribution in [3.63, 3.8) is 0 Å². The molecule has 0 amide bonds. The van der Waals surface area contributed by atoms with Crippen LogP contribution in [0.1, 0.15) is 66.4 Å². The zero-order chi connectivity index (χ0) is 24.3. The van der Waals surface area contributed by atoms with Gasteiger partial charge >= 0.3 is 0 Å². The number of furan rings is 1. The number of nitrogens with zero attached hydrogens (tertiary/aromatic N) is 2. The Morgan fingerprint density at radius 3 is 2.51 bits per heavy atom. The molecule has 0 bridgehead atoms. The van der Waals surface area contributed by atoms with Crippen LogP contribution in [0.15, 0.2) is 34.7 Å². The van der Waals surface area contributed by atoms with Crippen LogP contribution in [0.3, 0.4) is 0 Å². The Morgan fingerprint density at radius 2 is 1.80 bits per heavy atom. The second kappa shape index (κ2) is 8.38. The second-order valence-corrected chi connectivity index (χ2v) is 10.8. The van der Waals surface area contributed by atoms with E-state index in [1.54, 1.807) is 0 Å². The third-order valence-electron chi connectivity index (χ3n) is 8.39. The van der Waals surface area contributed by atoms with E-state index in [4.69, 9.17) is 14.9 Å². The first kappa shape index (κ1) is 22.6. The number of anilines is 2. The molecule has 6 heteroatoms. The molecule has 2 aromatic carbocycles. The van der Waals surface area contributed by atoms with Gasteiger partial charge in [-0.25, -0.2) is 0 Å². The fourth-order valence-electron chi connectivity index (χ4n) is 6.37. The zero-order valence-electron chi connectivity index (χ0n) is 21.0. The molecule has 0 atom stereocenters. The van der Waals surface area contributed by atoms with Gasteiger partial charge in [-0.3, -0.25) is 9.69 Å². The summed E-state index contributed by atoms with van der Waals surface area (Å²) in [5.41, 5.74) is 12.0. The monoisotopic (exact) mass is 473 g/mol. The van der Waals surface area contributed by atoms with E-state index in [9.17, 15) is 4.79 Å². The van der Waals surface area contributed by atoms with Crippen molar-refractivity contribution in [2.45, 2.75) is 51.5 Å². The molecule has 0 saturated carbocycles. The molecular formula is C29H35N3O3. The lowest BCUT2D eigenvalue weighted by atomic mass is 9.71. The van der Waals surface area contributed by atoms with Crippen molar-refractivity contribution < 1.29 is 13.9 Å². The Bertz CT molecular complexity index is 1290. The molecule has 1 aliphatic carbocycles. The molecule has 3 aromatic rings. The maximum absolute atomic E-state index is 13.8. The van der Waals surface area contributed by atoms with Gasteiger partial charge in [0.15, 0.2) is 5.78 Å².